The minimum absolute atomic E-state index is 0.0542. The van der Waals surface area contributed by atoms with Crippen LogP contribution in [0.5, 0.6) is 0 Å². The third-order valence-electron chi connectivity index (χ3n) is 4.44. The van der Waals surface area contributed by atoms with Crippen molar-refractivity contribution in [2.45, 2.75) is 19.1 Å². The number of thiophene rings is 1. The van der Waals surface area contributed by atoms with Crippen LogP contribution in [0.3, 0.4) is 0 Å². The summed E-state index contributed by atoms with van der Waals surface area (Å²) in [5.74, 6) is 0.0542. The molecule has 0 bridgehead atoms. The zero-order valence-electron chi connectivity index (χ0n) is 13.1. The van der Waals surface area contributed by atoms with Crippen molar-refractivity contribution in [2.24, 2.45) is 0 Å². The smallest absolute Gasteiger partial charge is 0.256 e. The van der Waals surface area contributed by atoms with E-state index in [1.165, 1.54) is 15.3 Å². The summed E-state index contributed by atoms with van der Waals surface area (Å²) in [5.41, 5.74) is 3.26. The maximum absolute atomic E-state index is 12.5. The highest BCUT2D eigenvalue weighted by Crippen LogP contribution is 2.36. The van der Waals surface area contributed by atoms with Crippen LogP contribution in [0.25, 0.3) is 6.08 Å². The Bertz CT molecular complexity index is 766. The Morgan fingerprint density at radius 3 is 2.91 bits per heavy atom. The third-order valence-corrected chi connectivity index (χ3v) is 5.60. The van der Waals surface area contributed by atoms with Gasteiger partial charge in [-0.05, 0) is 17.2 Å². The molecular weight excluding hydrogens is 306 g/mol. The van der Waals surface area contributed by atoms with Crippen LogP contribution < -0.4 is 15.5 Å². The largest absolute Gasteiger partial charge is 0.353 e. The van der Waals surface area contributed by atoms with Gasteiger partial charge in [-0.25, -0.2) is 0 Å². The molecule has 0 saturated carbocycles. The Balaban J connectivity index is 1.58. The molecule has 0 radical (unpaired) electrons. The second kappa shape index (κ2) is 5.83. The summed E-state index contributed by atoms with van der Waals surface area (Å²) < 4.78 is 0. The van der Waals surface area contributed by atoms with Gasteiger partial charge in [0.25, 0.3) is 5.91 Å². The monoisotopic (exact) mass is 326 g/mol. The van der Waals surface area contributed by atoms with Gasteiger partial charge < -0.3 is 15.5 Å². The molecule has 2 aromatic rings. The van der Waals surface area contributed by atoms with Gasteiger partial charge in [-0.1, -0.05) is 36.4 Å². The minimum Gasteiger partial charge on any atom is -0.353 e. The molecule has 118 valence electrons. The normalized spacial score (nSPS) is 23.1. The number of fused-ring (bicyclic) bond motifs is 3. The van der Waals surface area contributed by atoms with Gasteiger partial charge in [-0.2, -0.15) is 0 Å². The number of anilines is 1. The lowest BCUT2D eigenvalue weighted by molar-refractivity contribution is -0.895. The first-order valence-corrected chi connectivity index (χ1v) is 8.79. The summed E-state index contributed by atoms with van der Waals surface area (Å²) in [4.78, 5) is 15.4. The van der Waals surface area contributed by atoms with Gasteiger partial charge in [0.1, 0.15) is 17.7 Å². The lowest BCUT2D eigenvalue weighted by Crippen LogP contribution is -3.08. The standard InChI is InChI=1S/C18H19N3OS/c1-21-10-9-13-14(11-21)23-18-16(13)17(22)19-15(20-18)8-7-12-5-3-2-4-6-12/h2-8,15,20H,9-11H2,1H3,(H,19,22)/p+1/b8-7-/t15-/m1/s1. The molecule has 0 aliphatic carbocycles. The van der Waals surface area contributed by atoms with E-state index in [1.54, 1.807) is 11.3 Å². The number of rotatable bonds is 2. The van der Waals surface area contributed by atoms with E-state index in [4.69, 9.17) is 0 Å². The zero-order valence-corrected chi connectivity index (χ0v) is 13.9. The van der Waals surface area contributed by atoms with Crippen molar-refractivity contribution in [1.29, 1.82) is 0 Å². The van der Waals surface area contributed by atoms with Crippen LogP contribution in [0.1, 0.15) is 26.4 Å². The molecule has 1 unspecified atom stereocenters. The molecule has 5 heteroatoms. The third kappa shape index (κ3) is 2.78. The SMILES string of the molecule is C[NH+]1CCc2c(sc3c2C(=O)N[C@@H](/C=C\c2ccccc2)N3)C1. The van der Waals surface area contributed by atoms with Gasteiger partial charge in [-0.15, -0.1) is 11.3 Å². The summed E-state index contributed by atoms with van der Waals surface area (Å²) in [5, 5.41) is 7.54. The van der Waals surface area contributed by atoms with Crippen LogP contribution in [0, 0.1) is 0 Å². The van der Waals surface area contributed by atoms with E-state index in [2.05, 4.69) is 29.8 Å². The summed E-state index contributed by atoms with van der Waals surface area (Å²) >= 11 is 1.74. The van der Waals surface area contributed by atoms with E-state index in [1.807, 2.05) is 30.4 Å². The molecule has 3 heterocycles. The first-order valence-electron chi connectivity index (χ1n) is 7.97. The minimum atomic E-state index is -0.152. The van der Waals surface area contributed by atoms with Crippen molar-refractivity contribution in [3.63, 3.8) is 0 Å². The number of hydrogen-bond donors (Lipinski definition) is 3. The van der Waals surface area contributed by atoms with E-state index < -0.39 is 0 Å². The highest BCUT2D eigenvalue weighted by Gasteiger charge is 2.32. The van der Waals surface area contributed by atoms with Crippen molar-refractivity contribution in [3.05, 3.63) is 58.0 Å². The summed E-state index contributed by atoms with van der Waals surface area (Å²) in [7, 11) is 2.21. The van der Waals surface area contributed by atoms with Crippen LogP contribution in [0.4, 0.5) is 5.00 Å². The average molecular weight is 326 g/mol. The van der Waals surface area contributed by atoms with E-state index in [0.717, 1.165) is 35.6 Å². The van der Waals surface area contributed by atoms with Crippen molar-refractivity contribution >= 4 is 28.3 Å². The lowest BCUT2D eigenvalue weighted by atomic mass is 10.0. The second-order valence-corrected chi connectivity index (χ2v) is 7.31. The fourth-order valence-electron chi connectivity index (χ4n) is 3.22. The highest BCUT2D eigenvalue weighted by molar-refractivity contribution is 7.16. The molecule has 4 rings (SSSR count). The molecule has 2 aliphatic rings. The van der Waals surface area contributed by atoms with Gasteiger partial charge in [0.15, 0.2) is 0 Å². The quantitative estimate of drug-likeness (QED) is 0.783. The summed E-state index contributed by atoms with van der Waals surface area (Å²) in [6, 6.07) is 10.1. The Kier molecular flexibility index (Phi) is 3.67. The Labute approximate surface area is 139 Å². The van der Waals surface area contributed by atoms with E-state index in [9.17, 15) is 4.79 Å². The fraction of sp³-hybridized carbons (Fsp3) is 0.278. The molecule has 0 saturated heterocycles. The molecule has 1 aromatic heterocycles. The van der Waals surface area contributed by atoms with E-state index in [-0.39, 0.29) is 12.1 Å². The molecule has 2 aliphatic heterocycles. The number of amides is 1. The van der Waals surface area contributed by atoms with E-state index >= 15 is 0 Å². The van der Waals surface area contributed by atoms with Gasteiger partial charge in [-0.3, -0.25) is 4.79 Å². The number of nitrogens with one attached hydrogen (secondary N) is 3. The van der Waals surface area contributed by atoms with Crippen LogP contribution in [-0.4, -0.2) is 25.7 Å². The highest BCUT2D eigenvalue weighted by atomic mass is 32.1. The van der Waals surface area contributed by atoms with Gasteiger partial charge >= 0.3 is 0 Å². The van der Waals surface area contributed by atoms with Crippen LogP contribution in [0.15, 0.2) is 36.4 Å². The number of likely N-dealkylation sites (N-methyl/N-ethyl adjacent to an activating group) is 1. The predicted octanol–water partition coefficient (Wildman–Crippen LogP) is 1.51. The Morgan fingerprint density at radius 1 is 1.26 bits per heavy atom. The summed E-state index contributed by atoms with van der Waals surface area (Å²) in [6.07, 6.45) is 4.88. The molecule has 0 fully saturated rings. The Morgan fingerprint density at radius 2 is 2.09 bits per heavy atom. The van der Waals surface area contributed by atoms with Crippen molar-refractivity contribution in [2.75, 3.05) is 18.9 Å². The molecule has 1 aromatic carbocycles. The lowest BCUT2D eigenvalue weighted by Gasteiger charge is -2.24. The van der Waals surface area contributed by atoms with Crippen LogP contribution in [0.2, 0.25) is 0 Å². The van der Waals surface area contributed by atoms with Crippen LogP contribution in [-0.2, 0) is 13.0 Å². The second-order valence-electron chi connectivity index (χ2n) is 6.21. The fourth-order valence-corrected chi connectivity index (χ4v) is 4.62. The van der Waals surface area contributed by atoms with Crippen molar-refractivity contribution in [3.8, 4) is 0 Å². The van der Waals surface area contributed by atoms with Crippen molar-refractivity contribution < 1.29 is 9.69 Å². The number of hydrogen-bond acceptors (Lipinski definition) is 3. The molecule has 1 amide bonds. The first-order chi connectivity index (χ1) is 11.2. The predicted molar refractivity (Wildman–Crippen MR) is 93.8 cm³/mol. The van der Waals surface area contributed by atoms with Crippen molar-refractivity contribution in [1.82, 2.24) is 5.32 Å². The number of quaternary nitrogens is 1. The number of carbonyl (C=O) groups excluding carboxylic acids is 1. The topological polar surface area (TPSA) is 45.6 Å². The molecule has 0 spiro atoms. The first kappa shape index (κ1) is 14.5. The van der Waals surface area contributed by atoms with Gasteiger partial charge in [0, 0.05) is 6.42 Å². The molecule has 4 nitrogen and oxygen atoms in total. The number of benzene rings is 1. The zero-order chi connectivity index (χ0) is 15.8. The van der Waals surface area contributed by atoms with E-state index in [0.29, 0.717) is 0 Å². The molecule has 3 N–H and O–H groups in total. The van der Waals surface area contributed by atoms with Gasteiger partial charge in [0.2, 0.25) is 0 Å². The molecule has 23 heavy (non-hydrogen) atoms. The number of carbonyl (C=O) groups is 1. The Hall–Kier alpha value is -2.11. The van der Waals surface area contributed by atoms with Crippen LogP contribution >= 0.6 is 11.3 Å². The molecular formula is C18H20N3OS+. The molecule has 2 atom stereocenters. The maximum atomic E-state index is 12.5. The maximum Gasteiger partial charge on any atom is 0.256 e. The van der Waals surface area contributed by atoms with Gasteiger partial charge in [0.05, 0.1) is 24.0 Å². The summed E-state index contributed by atoms with van der Waals surface area (Å²) in [6.45, 7) is 2.12. The average Bonchev–Trinajstić information content (AvgIpc) is 2.91.